The van der Waals surface area contributed by atoms with Gasteiger partial charge in [0.15, 0.2) is 0 Å². The van der Waals surface area contributed by atoms with Gasteiger partial charge in [-0.25, -0.2) is 8.42 Å². The Morgan fingerprint density at radius 2 is 2.10 bits per heavy atom. The number of nitrogens with one attached hydrogen (secondary N) is 1. The summed E-state index contributed by atoms with van der Waals surface area (Å²) in [7, 11) is -3.42. The fourth-order valence-corrected chi connectivity index (χ4v) is 4.15. The molecule has 2 rings (SSSR count). The van der Waals surface area contributed by atoms with Gasteiger partial charge in [-0.1, -0.05) is 18.8 Å². The lowest BCUT2D eigenvalue weighted by Gasteiger charge is -2.24. The molecule has 1 aliphatic heterocycles. The summed E-state index contributed by atoms with van der Waals surface area (Å²) in [5.41, 5.74) is 0. The average molecular weight is 328 g/mol. The molecular formula is C14H20N2O3S2. The molecule has 0 saturated carbocycles. The van der Waals surface area contributed by atoms with E-state index in [1.807, 2.05) is 13.0 Å². The van der Waals surface area contributed by atoms with Crippen LogP contribution in [0, 0.1) is 11.8 Å². The first kappa shape index (κ1) is 16.5. The summed E-state index contributed by atoms with van der Waals surface area (Å²) < 4.78 is 32.2. The van der Waals surface area contributed by atoms with E-state index in [-0.39, 0.29) is 6.54 Å². The predicted octanol–water partition coefficient (Wildman–Crippen LogP) is 0.924. The monoisotopic (exact) mass is 328 g/mol. The van der Waals surface area contributed by atoms with Gasteiger partial charge in [0.1, 0.15) is 4.21 Å². The number of thiophene rings is 1. The zero-order chi connectivity index (χ0) is 15.1. The molecule has 0 aromatic carbocycles. The molecule has 2 heterocycles. The van der Waals surface area contributed by atoms with Gasteiger partial charge >= 0.3 is 0 Å². The van der Waals surface area contributed by atoms with E-state index in [4.69, 9.17) is 4.74 Å². The van der Waals surface area contributed by atoms with Crippen LogP contribution >= 0.6 is 11.3 Å². The van der Waals surface area contributed by atoms with Crippen LogP contribution in [0.5, 0.6) is 0 Å². The molecule has 0 unspecified atom stereocenters. The van der Waals surface area contributed by atoms with Crippen molar-refractivity contribution in [3.05, 3.63) is 17.0 Å². The van der Waals surface area contributed by atoms with Crippen LogP contribution in [0.2, 0.25) is 0 Å². The molecule has 0 spiro atoms. The van der Waals surface area contributed by atoms with Crippen molar-refractivity contribution in [2.24, 2.45) is 0 Å². The molecule has 0 amide bonds. The van der Waals surface area contributed by atoms with Gasteiger partial charge in [0.2, 0.25) is 0 Å². The van der Waals surface area contributed by atoms with E-state index in [9.17, 15) is 8.42 Å². The van der Waals surface area contributed by atoms with E-state index in [1.165, 1.54) is 11.3 Å². The number of hydrogen-bond donors (Lipinski definition) is 1. The lowest BCUT2D eigenvalue weighted by molar-refractivity contribution is 0.0443. The number of aryl methyl sites for hydroxylation is 1. The van der Waals surface area contributed by atoms with Gasteiger partial charge in [0.05, 0.1) is 26.3 Å². The van der Waals surface area contributed by atoms with Gasteiger partial charge in [-0.05, 0) is 18.6 Å². The Balaban J connectivity index is 1.79. The van der Waals surface area contributed by atoms with Crippen LogP contribution in [0.15, 0.2) is 16.3 Å². The quantitative estimate of drug-likeness (QED) is 0.817. The number of hydrogen-bond acceptors (Lipinski definition) is 5. The van der Waals surface area contributed by atoms with Crippen LogP contribution in [0.3, 0.4) is 0 Å². The highest BCUT2D eigenvalue weighted by Gasteiger charge is 2.15. The van der Waals surface area contributed by atoms with E-state index in [0.717, 1.165) is 37.6 Å². The molecule has 0 aliphatic carbocycles. The minimum atomic E-state index is -3.42. The Kier molecular flexibility index (Phi) is 6.21. The SMILES string of the molecule is CCc1ccc(S(=O)(=O)NCC#CCN2CCOCC2)s1. The molecule has 116 valence electrons. The van der Waals surface area contributed by atoms with Gasteiger partial charge in [-0.2, -0.15) is 4.72 Å². The standard InChI is InChI=1S/C14H20N2O3S2/c1-2-13-5-6-14(20-13)21(17,18)15-7-3-4-8-16-9-11-19-12-10-16/h5-6,15H,2,7-12H2,1H3. The molecule has 1 fully saturated rings. The molecule has 21 heavy (non-hydrogen) atoms. The molecule has 0 atom stereocenters. The minimum Gasteiger partial charge on any atom is -0.379 e. The van der Waals surface area contributed by atoms with E-state index >= 15 is 0 Å². The van der Waals surface area contributed by atoms with Gasteiger partial charge < -0.3 is 4.74 Å². The molecular weight excluding hydrogens is 308 g/mol. The van der Waals surface area contributed by atoms with Gasteiger partial charge in [-0.15, -0.1) is 11.3 Å². The highest BCUT2D eigenvalue weighted by atomic mass is 32.2. The van der Waals surface area contributed by atoms with Crippen LogP contribution in [0.1, 0.15) is 11.8 Å². The second kappa shape index (κ2) is 7.92. The Bertz CT molecular complexity index is 608. The van der Waals surface area contributed by atoms with Crippen molar-refractivity contribution in [2.75, 3.05) is 39.4 Å². The zero-order valence-corrected chi connectivity index (χ0v) is 13.7. The van der Waals surface area contributed by atoms with E-state index in [2.05, 4.69) is 21.5 Å². The topological polar surface area (TPSA) is 58.6 Å². The molecule has 1 aromatic rings. The first-order valence-corrected chi connectivity index (χ1v) is 9.26. The van der Waals surface area contributed by atoms with Crippen molar-refractivity contribution in [1.82, 2.24) is 9.62 Å². The lowest BCUT2D eigenvalue weighted by Crippen LogP contribution is -2.36. The third kappa shape index (κ3) is 5.09. The van der Waals surface area contributed by atoms with Crippen molar-refractivity contribution in [3.8, 4) is 11.8 Å². The molecule has 1 N–H and O–H groups in total. The van der Waals surface area contributed by atoms with Crippen LogP contribution in [-0.4, -0.2) is 52.7 Å². The Morgan fingerprint density at radius 1 is 1.33 bits per heavy atom. The first-order valence-electron chi connectivity index (χ1n) is 6.96. The summed E-state index contributed by atoms with van der Waals surface area (Å²) in [6.07, 6.45) is 0.847. The summed E-state index contributed by atoms with van der Waals surface area (Å²) in [5.74, 6) is 5.85. The summed E-state index contributed by atoms with van der Waals surface area (Å²) in [6.45, 7) is 6.06. The number of sulfonamides is 1. The highest BCUT2D eigenvalue weighted by molar-refractivity contribution is 7.91. The number of rotatable bonds is 5. The van der Waals surface area contributed by atoms with Crippen molar-refractivity contribution >= 4 is 21.4 Å². The van der Waals surface area contributed by atoms with Crippen molar-refractivity contribution in [1.29, 1.82) is 0 Å². The van der Waals surface area contributed by atoms with Gasteiger partial charge in [-0.3, -0.25) is 4.90 Å². The van der Waals surface area contributed by atoms with E-state index < -0.39 is 10.0 Å². The summed E-state index contributed by atoms with van der Waals surface area (Å²) in [6, 6.07) is 3.50. The third-order valence-corrected chi connectivity index (χ3v) is 6.25. The molecule has 7 heteroatoms. The first-order chi connectivity index (χ1) is 10.1. The maximum absolute atomic E-state index is 12.0. The average Bonchev–Trinajstić information content (AvgIpc) is 2.98. The second-order valence-electron chi connectivity index (χ2n) is 4.64. The summed E-state index contributed by atoms with van der Waals surface area (Å²) in [4.78, 5) is 3.26. The molecule has 1 aromatic heterocycles. The maximum atomic E-state index is 12.0. The predicted molar refractivity (Wildman–Crippen MR) is 83.9 cm³/mol. The maximum Gasteiger partial charge on any atom is 0.250 e. The van der Waals surface area contributed by atoms with Crippen LogP contribution in [-0.2, 0) is 21.2 Å². The van der Waals surface area contributed by atoms with Crippen molar-refractivity contribution in [2.45, 2.75) is 17.6 Å². The van der Waals surface area contributed by atoms with Crippen LogP contribution in [0.4, 0.5) is 0 Å². The van der Waals surface area contributed by atoms with Gasteiger partial charge in [0.25, 0.3) is 10.0 Å². The second-order valence-corrected chi connectivity index (χ2v) is 7.80. The van der Waals surface area contributed by atoms with E-state index in [1.54, 1.807) is 6.07 Å². The van der Waals surface area contributed by atoms with Gasteiger partial charge in [0, 0.05) is 18.0 Å². The fourth-order valence-electron chi connectivity index (χ4n) is 1.88. The summed E-state index contributed by atoms with van der Waals surface area (Å²) in [5, 5.41) is 0. The zero-order valence-electron chi connectivity index (χ0n) is 12.1. The Hall–Kier alpha value is -0.910. The molecule has 5 nitrogen and oxygen atoms in total. The van der Waals surface area contributed by atoms with Crippen molar-refractivity contribution < 1.29 is 13.2 Å². The molecule has 1 aliphatic rings. The minimum absolute atomic E-state index is 0.145. The smallest absolute Gasteiger partial charge is 0.250 e. The molecule has 1 saturated heterocycles. The Morgan fingerprint density at radius 3 is 2.76 bits per heavy atom. The van der Waals surface area contributed by atoms with Crippen LogP contribution < -0.4 is 4.72 Å². The highest BCUT2D eigenvalue weighted by Crippen LogP contribution is 2.21. The number of ether oxygens (including phenoxy) is 1. The normalized spacial score (nSPS) is 16.4. The fraction of sp³-hybridized carbons (Fsp3) is 0.571. The molecule has 0 bridgehead atoms. The third-order valence-electron chi connectivity index (χ3n) is 3.13. The molecule has 0 radical (unpaired) electrons. The van der Waals surface area contributed by atoms with Crippen LogP contribution in [0.25, 0.3) is 0 Å². The Labute approximate surface area is 130 Å². The van der Waals surface area contributed by atoms with Crippen molar-refractivity contribution in [3.63, 3.8) is 0 Å². The summed E-state index contributed by atoms with van der Waals surface area (Å²) >= 11 is 1.31. The number of nitrogens with zero attached hydrogens (tertiary/aromatic N) is 1. The lowest BCUT2D eigenvalue weighted by atomic mass is 10.4. The number of morpholine rings is 1. The van der Waals surface area contributed by atoms with E-state index in [0.29, 0.717) is 10.8 Å². The largest absolute Gasteiger partial charge is 0.379 e.